The van der Waals surface area contributed by atoms with Crippen molar-refractivity contribution in [1.29, 1.82) is 0 Å². The smallest absolute Gasteiger partial charge is 0.318 e. The molecule has 0 saturated carbocycles. The normalized spacial score (nSPS) is 24.4. The second kappa shape index (κ2) is 10.1. The number of aliphatic hydroxyl groups is 3. The number of carbonyl (C=O) groups is 2. The molecule has 33 heavy (non-hydrogen) atoms. The van der Waals surface area contributed by atoms with Crippen LogP contribution in [0.15, 0.2) is 6.33 Å². The molecule has 1 aliphatic rings. The molecule has 0 unspecified atom stereocenters. The summed E-state index contributed by atoms with van der Waals surface area (Å²) in [4.78, 5) is 36.1. The van der Waals surface area contributed by atoms with E-state index in [0.717, 1.165) is 25.7 Å². The number of unbranched alkanes of at least 4 members (excludes halogenated alkanes) is 4. The Morgan fingerprint density at radius 2 is 2.06 bits per heavy atom. The summed E-state index contributed by atoms with van der Waals surface area (Å²) >= 11 is 0. The first-order chi connectivity index (χ1) is 15.7. The van der Waals surface area contributed by atoms with Gasteiger partial charge in [-0.2, -0.15) is 0 Å². The third kappa shape index (κ3) is 4.74. The van der Waals surface area contributed by atoms with E-state index in [1.165, 1.54) is 10.9 Å². The van der Waals surface area contributed by atoms with E-state index in [1.54, 1.807) is 5.32 Å². The van der Waals surface area contributed by atoms with Gasteiger partial charge in [-0.15, -0.1) is 0 Å². The molecule has 0 aromatic carbocycles. The lowest BCUT2D eigenvalue weighted by Crippen LogP contribution is -2.59. The van der Waals surface area contributed by atoms with Crippen LogP contribution >= 0.6 is 0 Å². The number of urea groups is 1. The van der Waals surface area contributed by atoms with Crippen LogP contribution in [0.25, 0.3) is 11.2 Å². The van der Waals surface area contributed by atoms with E-state index in [4.69, 9.17) is 16.2 Å². The monoisotopic (exact) mass is 461 g/mol. The third-order valence-electron chi connectivity index (χ3n) is 5.36. The fourth-order valence-corrected chi connectivity index (χ4v) is 3.58. The number of imide groups is 1. The van der Waals surface area contributed by atoms with E-state index in [0.29, 0.717) is 6.42 Å². The third-order valence-corrected chi connectivity index (χ3v) is 5.36. The number of aliphatic hydroxyl groups excluding tert-OH is 3. The molecular formula is C20H27N7O6. The summed E-state index contributed by atoms with van der Waals surface area (Å²) < 4.78 is 6.81. The molecular weight excluding hydrogens is 434 g/mol. The molecule has 178 valence electrons. The van der Waals surface area contributed by atoms with Crippen molar-refractivity contribution in [2.24, 2.45) is 5.73 Å². The zero-order valence-corrected chi connectivity index (χ0v) is 18.1. The number of nitrogen functional groups attached to an aromatic ring is 1. The summed E-state index contributed by atoms with van der Waals surface area (Å²) in [5, 5.41) is 32.6. The molecule has 3 rings (SSSR count). The molecule has 13 nitrogen and oxygen atoms in total. The highest BCUT2D eigenvalue weighted by molar-refractivity contribution is 5.99. The van der Waals surface area contributed by atoms with Crippen LogP contribution in [0.4, 0.5) is 10.6 Å². The maximum Gasteiger partial charge on any atom is 0.318 e. The number of rotatable bonds is 7. The van der Waals surface area contributed by atoms with Crippen LogP contribution in [0.5, 0.6) is 0 Å². The molecule has 13 heteroatoms. The van der Waals surface area contributed by atoms with Crippen molar-refractivity contribution in [2.75, 3.05) is 12.3 Å². The predicted molar refractivity (Wildman–Crippen MR) is 115 cm³/mol. The molecule has 3 heterocycles. The highest BCUT2D eigenvalue weighted by Crippen LogP contribution is 2.38. The number of anilines is 1. The van der Waals surface area contributed by atoms with Crippen molar-refractivity contribution in [3.05, 3.63) is 12.2 Å². The number of nitrogens with one attached hydrogen (secondary N) is 1. The van der Waals surface area contributed by atoms with Crippen LogP contribution in [0.2, 0.25) is 0 Å². The minimum absolute atomic E-state index is 0.0435. The Hall–Kier alpha value is -3.31. The van der Waals surface area contributed by atoms with Gasteiger partial charge in [-0.3, -0.25) is 14.7 Å². The van der Waals surface area contributed by atoms with Crippen molar-refractivity contribution in [1.82, 2.24) is 24.8 Å². The Labute approximate surface area is 189 Å². The van der Waals surface area contributed by atoms with Gasteiger partial charge in [0, 0.05) is 6.42 Å². The van der Waals surface area contributed by atoms with Gasteiger partial charge in [0.2, 0.25) is 11.4 Å². The molecule has 8 N–H and O–H groups in total. The Morgan fingerprint density at radius 3 is 2.73 bits per heavy atom. The number of amides is 3. The van der Waals surface area contributed by atoms with E-state index in [1.807, 2.05) is 0 Å². The van der Waals surface area contributed by atoms with Crippen LogP contribution < -0.4 is 16.8 Å². The average Bonchev–Trinajstić information content (AvgIpc) is 3.30. The first-order valence-corrected chi connectivity index (χ1v) is 10.5. The summed E-state index contributed by atoms with van der Waals surface area (Å²) in [7, 11) is 0. The van der Waals surface area contributed by atoms with Crippen LogP contribution in [0.3, 0.4) is 0 Å². The molecule has 0 spiro atoms. The second-order valence-electron chi connectivity index (χ2n) is 7.68. The summed E-state index contributed by atoms with van der Waals surface area (Å²) in [6.45, 7) is 1.08. The van der Waals surface area contributed by atoms with Crippen LogP contribution in [0, 0.1) is 11.8 Å². The van der Waals surface area contributed by atoms with Crippen molar-refractivity contribution in [2.45, 2.75) is 63.1 Å². The highest BCUT2D eigenvalue weighted by Gasteiger charge is 2.60. The van der Waals surface area contributed by atoms with Gasteiger partial charge in [0.25, 0.3) is 5.91 Å². The fourth-order valence-electron chi connectivity index (χ4n) is 3.58. The lowest BCUT2D eigenvalue weighted by atomic mass is 9.95. The fraction of sp³-hybridized carbons (Fsp3) is 0.550. The van der Waals surface area contributed by atoms with Gasteiger partial charge in [0.05, 0.1) is 12.9 Å². The Morgan fingerprint density at radius 1 is 1.30 bits per heavy atom. The number of fused-ring (bicyclic) bond motifs is 1. The van der Waals surface area contributed by atoms with E-state index in [2.05, 4.69) is 33.7 Å². The molecule has 1 saturated heterocycles. The molecule has 3 amide bonds. The second-order valence-corrected chi connectivity index (χ2v) is 7.68. The zero-order chi connectivity index (χ0) is 24.2. The Balaban J connectivity index is 1.92. The van der Waals surface area contributed by atoms with E-state index in [-0.39, 0.29) is 22.8 Å². The Bertz CT molecular complexity index is 1090. The van der Waals surface area contributed by atoms with E-state index in [9.17, 15) is 24.9 Å². The highest BCUT2D eigenvalue weighted by atomic mass is 16.6. The average molecular weight is 461 g/mol. The van der Waals surface area contributed by atoms with Crippen molar-refractivity contribution >= 4 is 28.9 Å². The molecule has 0 bridgehead atoms. The Kier molecular flexibility index (Phi) is 7.44. The van der Waals surface area contributed by atoms with Gasteiger partial charge in [0.15, 0.2) is 17.7 Å². The standard InChI is InChI=1S/C20H27N7O6/c1-2-3-4-5-6-7-8-11-24-15(21)12-16(25-11)27(10-23-12)17-13(29)14(30)20(9-28,33-17)18(31)26-19(22)32/h10,13-14,17,28-30H,2-6,9H2,1H3,(H2,21,24,25)(H3,22,26,31,32)/t13-,14+,17-,20-/m1/s1. The molecule has 0 radical (unpaired) electrons. The molecule has 0 aliphatic carbocycles. The van der Waals surface area contributed by atoms with Crippen molar-refractivity contribution in [3.8, 4) is 11.8 Å². The van der Waals surface area contributed by atoms with Crippen LogP contribution in [0.1, 0.15) is 51.1 Å². The van der Waals surface area contributed by atoms with Gasteiger partial charge >= 0.3 is 6.03 Å². The van der Waals surface area contributed by atoms with Gasteiger partial charge in [-0.25, -0.2) is 19.7 Å². The van der Waals surface area contributed by atoms with Crippen LogP contribution in [-0.2, 0) is 9.53 Å². The number of nitrogens with two attached hydrogens (primary N) is 2. The zero-order valence-electron chi connectivity index (χ0n) is 18.1. The topological polar surface area (TPSA) is 212 Å². The SMILES string of the molecule is CCCCCCC#Cc1nc(N)c2ncn([C@@H]3O[C@@](CO)(C(=O)NC(N)=O)[C@@H](O)[C@H]3O)c2n1. The van der Waals surface area contributed by atoms with Crippen molar-refractivity contribution < 1.29 is 29.6 Å². The van der Waals surface area contributed by atoms with E-state index < -0.39 is 42.6 Å². The largest absolute Gasteiger partial charge is 0.393 e. The number of ether oxygens (including phenoxy) is 1. The molecule has 2 aromatic rings. The predicted octanol–water partition coefficient (Wildman–Crippen LogP) is -1.09. The minimum atomic E-state index is -2.35. The lowest BCUT2D eigenvalue weighted by molar-refractivity contribution is -0.165. The van der Waals surface area contributed by atoms with Gasteiger partial charge in [0.1, 0.15) is 17.7 Å². The maximum absolute atomic E-state index is 12.4. The van der Waals surface area contributed by atoms with Gasteiger partial charge < -0.3 is 31.5 Å². The molecule has 1 fully saturated rings. The summed E-state index contributed by atoms with van der Waals surface area (Å²) in [6, 6.07) is -1.21. The number of hydrogen-bond acceptors (Lipinski definition) is 10. The number of hydrogen-bond donors (Lipinski definition) is 6. The molecule has 1 aliphatic heterocycles. The van der Waals surface area contributed by atoms with Gasteiger partial charge in [-0.1, -0.05) is 32.1 Å². The molecule has 2 aromatic heterocycles. The minimum Gasteiger partial charge on any atom is -0.393 e. The number of imidazole rings is 1. The van der Waals surface area contributed by atoms with Crippen molar-refractivity contribution in [3.63, 3.8) is 0 Å². The summed E-state index contributed by atoms with van der Waals surface area (Å²) in [5.74, 6) is 4.81. The lowest BCUT2D eigenvalue weighted by Gasteiger charge is -2.27. The van der Waals surface area contributed by atoms with E-state index >= 15 is 0 Å². The quantitative estimate of drug-likeness (QED) is 0.216. The maximum atomic E-state index is 12.4. The summed E-state index contributed by atoms with van der Waals surface area (Å²) in [5.41, 5.74) is 8.91. The number of primary amides is 1. The first kappa shape index (κ1) is 24.3. The molecule has 4 atom stereocenters. The summed E-state index contributed by atoms with van der Waals surface area (Å²) in [6.07, 6.45) is 1.20. The number of aromatic nitrogens is 4. The number of nitrogens with zero attached hydrogens (tertiary/aromatic N) is 4. The number of carbonyl (C=O) groups excluding carboxylic acids is 2. The van der Waals surface area contributed by atoms with Gasteiger partial charge in [-0.05, 0) is 12.3 Å². The van der Waals surface area contributed by atoms with Crippen LogP contribution in [-0.4, -0.2) is 71.2 Å². The first-order valence-electron chi connectivity index (χ1n) is 10.5.